The van der Waals surface area contributed by atoms with Crippen LogP contribution in [-0.4, -0.2) is 39.5 Å². The third kappa shape index (κ3) is 21.3. The Labute approximate surface area is 371 Å². The van der Waals surface area contributed by atoms with Crippen molar-refractivity contribution in [2.45, 2.75) is 193 Å². The highest BCUT2D eigenvalue weighted by Crippen LogP contribution is 2.40. The number of nitrogens with one attached hydrogen (secondary N) is 2. The lowest BCUT2D eigenvalue weighted by Gasteiger charge is -2.23. The van der Waals surface area contributed by atoms with E-state index in [0.717, 1.165) is 11.6 Å². The van der Waals surface area contributed by atoms with E-state index in [2.05, 4.69) is 157 Å². The van der Waals surface area contributed by atoms with Crippen LogP contribution >= 0.6 is 0 Å². The van der Waals surface area contributed by atoms with Gasteiger partial charge in [-0.15, -0.1) is 0 Å². The topological polar surface area (TPSA) is 106 Å². The van der Waals surface area contributed by atoms with Gasteiger partial charge in [-0.3, -0.25) is 10.2 Å². The molecular formula is C52H86N8O. The van der Waals surface area contributed by atoms with Crippen LogP contribution in [0.3, 0.4) is 0 Å². The largest absolute Gasteiger partial charge is 0.365 e. The Morgan fingerprint density at radius 2 is 1.26 bits per heavy atom. The number of aromatic nitrogens is 8. The molecule has 9 nitrogen and oxygen atoms in total. The van der Waals surface area contributed by atoms with Crippen molar-refractivity contribution >= 4 is 5.65 Å². The molecule has 0 saturated carbocycles. The number of H-pyrrole nitrogens is 2. The maximum Gasteiger partial charge on any atom is 0.136 e. The standard InChI is InChI=1S/C15H23N.C10H16N2.C7H6N2.2C5H12.C4H10.C3H4N2.C3H3NO/c1-15(2,3)14-11-7-4-5-8-12(11)16-10-6-9-13(14)16;1-10(2,3)9-7-5-4-6-8(7)11-12-9;1-2-5-9-6-4-8-7(9)3-1;2*1-5(2,3)4;1-4(2)3;2*1-2-4-5-3-1/h4-10H2,1-3H3;4-6H2,1-3H3,(H,11,12);1-6H;2*1-4H3;4H,1-3H3;1-3H,(H,4,5);1-3H. The molecule has 0 bridgehead atoms. The summed E-state index contributed by atoms with van der Waals surface area (Å²) in [5.74, 6) is 0.833. The smallest absolute Gasteiger partial charge is 0.136 e. The van der Waals surface area contributed by atoms with Crippen LogP contribution in [0.5, 0.6) is 0 Å². The second-order valence-corrected chi connectivity index (χ2v) is 22.2. The highest BCUT2D eigenvalue weighted by atomic mass is 16.5. The molecule has 7 heterocycles. The molecule has 0 amide bonds. The van der Waals surface area contributed by atoms with Crippen molar-refractivity contribution in [2.24, 2.45) is 16.7 Å². The molecule has 0 fully saturated rings. The molecule has 2 N–H and O–H groups in total. The molecule has 9 heteroatoms. The first-order valence-corrected chi connectivity index (χ1v) is 22.8. The zero-order valence-corrected chi connectivity index (χ0v) is 41.7. The molecule has 3 aliphatic rings. The summed E-state index contributed by atoms with van der Waals surface area (Å²) in [6, 6.07) is 9.48. The number of fused-ring (bicyclic) bond motifs is 5. The van der Waals surface area contributed by atoms with Gasteiger partial charge < -0.3 is 13.5 Å². The van der Waals surface area contributed by atoms with Crippen molar-refractivity contribution in [3.8, 4) is 0 Å². The van der Waals surface area contributed by atoms with Gasteiger partial charge in [-0.1, -0.05) is 129 Å². The molecule has 0 aromatic carbocycles. The number of pyridine rings is 1. The van der Waals surface area contributed by atoms with Gasteiger partial charge in [0, 0.05) is 60.0 Å². The Kier molecular flexibility index (Phi) is 21.5. The summed E-state index contributed by atoms with van der Waals surface area (Å²) in [6.07, 6.45) is 24.1. The second-order valence-electron chi connectivity index (χ2n) is 22.2. The summed E-state index contributed by atoms with van der Waals surface area (Å²) < 4.78 is 8.97. The van der Waals surface area contributed by atoms with Gasteiger partial charge >= 0.3 is 0 Å². The van der Waals surface area contributed by atoms with E-state index >= 15 is 0 Å². The van der Waals surface area contributed by atoms with Gasteiger partial charge in [0.2, 0.25) is 0 Å². The number of rotatable bonds is 0. The van der Waals surface area contributed by atoms with Crippen LogP contribution in [-0.2, 0) is 49.5 Å². The van der Waals surface area contributed by atoms with E-state index in [-0.39, 0.29) is 5.41 Å². The van der Waals surface area contributed by atoms with Crippen LogP contribution in [0, 0.1) is 16.7 Å². The number of nitrogens with zero attached hydrogens (tertiary/aromatic N) is 6. The average Bonchev–Trinajstić information content (AvgIpc) is 3.97. The molecule has 9 rings (SSSR count). The van der Waals surface area contributed by atoms with Crippen molar-refractivity contribution < 1.29 is 4.52 Å². The summed E-state index contributed by atoms with van der Waals surface area (Å²) in [5, 5.41) is 17.1. The Morgan fingerprint density at radius 1 is 0.639 bits per heavy atom. The Balaban J connectivity index is 0.000000255. The lowest BCUT2D eigenvalue weighted by Crippen LogP contribution is -2.16. The minimum absolute atomic E-state index is 0.203. The van der Waals surface area contributed by atoms with E-state index in [1.54, 1.807) is 53.4 Å². The predicted molar refractivity (Wildman–Crippen MR) is 258 cm³/mol. The van der Waals surface area contributed by atoms with Gasteiger partial charge in [-0.2, -0.15) is 10.2 Å². The first-order chi connectivity index (χ1) is 28.4. The number of hydrogen-bond donors (Lipinski definition) is 2. The molecule has 61 heavy (non-hydrogen) atoms. The molecule has 1 aliphatic heterocycles. The van der Waals surface area contributed by atoms with Crippen LogP contribution in [0.2, 0.25) is 0 Å². The van der Waals surface area contributed by atoms with Crippen LogP contribution in [0.4, 0.5) is 0 Å². The van der Waals surface area contributed by atoms with E-state index in [4.69, 9.17) is 0 Å². The van der Waals surface area contributed by atoms with E-state index < -0.39 is 0 Å². The van der Waals surface area contributed by atoms with E-state index in [1.165, 1.54) is 87.5 Å². The van der Waals surface area contributed by atoms with Crippen LogP contribution in [0.15, 0.2) is 78.3 Å². The Bertz CT molecular complexity index is 1880. The molecule has 0 saturated heterocycles. The van der Waals surface area contributed by atoms with E-state index in [1.807, 2.05) is 41.1 Å². The zero-order valence-electron chi connectivity index (χ0n) is 41.7. The van der Waals surface area contributed by atoms with Gasteiger partial charge in [-0.05, 0) is 121 Å². The number of imidazole rings is 1. The number of hydrogen-bond acceptors (Lipinski definition) is 5. The third-order valence-corrected chi connectivity index (χ3v) is 8.80. The minimum atomic E-state index is 0.203. The van der Waals surface area contributed by atoms with Crippen molar-refractivity contribution in [2.75, 3.05) is 0 Å². The second kappa shape index (κ2) is 24.9. The summed E-state index contributed by atoms with van der Waals surface area (Å²) in [5.41, 5.74) is 13.5. The van der Waals surface area contributed by atoms with Crippen LogP contribution < -0.4 is 0 Å². The van der Waals surface area contributed by atoms with E-state index in [0.29, 0.717) is 16.2 Å². The van der Waals surface area contributed by atoms with Crippen molar-refractivity contribution in [3.63, 3.8) is 0 Å². The summed E-state index contributed by atoms with van der Waals surface area (Å²) >= 11 is 0. The maximum absolute atomic E-state index is 4.38. The Morgan fingerprint density at radius 3 is 1.75 bits per heavy atom. The van der Waals surface area contributed by atoms with E-state index in [9.17, 15) is 0 Å². The molecule has 0 unspecified atom stereocenters. The number of aromatic amines is 2. The first-order valence-electron chi connectivity index (χ1n) is 22.8. The lowest BCUT2D eigenvalue weighted by molar-refractivity contribution is 0.420. The van der Waals surface area contributed by atoms with Gasteiger partial charge in [0.05, 0.1) is 11.9 Å². The van der Waals surface area contributed by atoms with Crippen molar-refractivity contribution in [1.29, 1.82) is 0 Å². The van der Waals surface area contributed by atoms with Gasteiger partial charge in [0.1, 0.15) is 11.9 Å². The highest BCUT2D eigenvalue weighted by Gasteiger charge is 2.32. The summed E-state index contributed by atoms with van der Waals surface area (Å²) in [4.78, 5) is 4.08. The van der Waals surface area contributed by atoms with Crippen LogP contribution in [0.25, 0.3) is 5.65 Å². The maximum atomic E-state index is 4.38. The number of aryl methyl sites for hydroxylation is 1. The average molecular weight is 839 g/mol. The van der Waals surface area contributed by atoms with Gasteiger partial charge in [0.25, 0.3) is 0 Å². The Hall–Kier alpha value is -4.40. The first kappa shape index (κ1) is 52.7. The zero-order chi connectivity index (χ0) is 45.9. The fraction of sp³-hybridized carbons (Fsp3) is 0.615. The molecule has 6 aromatic heterocycles. The summed E-state index contributed by atoms with van der Waals surface area (Å²) in [7, 11) is 0. The fourth-order valence-electron chi connectivity index (χ4n) is 6.94. The normalized spacial score (nSPS) is 13.8. The SMILES string of the molecule is CC(C)(C)C.CC(C)(C)C.CC(C)(C)c1c2c(n3c1CCC3)CCCC2.CC(C)(C)c1n[nH]c2c1CCC2.CC(C)C.c1ccn2ccnc2c1.c1cn[nH]c1.c1cnoc1. The molecular weight excluding hydrogens is 753 g/mol. The predicted octanol–water partition coefficient (Wildman–Crippen LogP) is 14.0. The van der Waals surface area contributed by atoms with Gasteiger partial charge in [-0.25, -0.2) is 4.98 Å². The summed E-state index contributed by atoms with van der Waals surface area (Å²) in [6.45, 7) is 39.1. The van der Waals surface area contributed by atoms with Crippen molar-refractivity contribution in [1.82, 2.24) is 39.5 Å². The minimum Gasteiger partial charge on any atom is -0.365 e. The quantitative estimate of drug-likeness (QED) is 0.158. The third-order valence-electron chi connectivity index (χ3n) is 8.80. The molecule has 340 valence electrons. The molecule has 2 aliphatic carbocycles. The molecule has 0 atom stereocenters. The fourth-order valence-corrected chi connectivity index (χ4v) is 6.94. The molecule has 6 aromatic rings. The van der Waals surface area contributed by atoms with Crippen molar-refractivity contribution in [3.05, 3.63) is 113 Å². The van der Waals surface area contributed by atoms with Crippen LogP contribution in [0.1, 0.15) is 183 Å². The lowest BCUT2D eigenvalue weighted by atomic mass is 9.80. The van der Waals surface area contributed by atoms with Gasteiger partial charge in [0.15, 0.2) is 0 Å². The molecule has 0 radical (unpaired) electrons. The monoisotopic (exact) mass is 839 g/mol. The highest BCUT2D eigenvalue weighted by molar-refractivity contribution is 5.45. The molecule has 0 spiro atoms.